The van der Waals surface area contributed by atoms with Crippen molar-refractivity contribution >= 4 is 6.08 Å². The third-order valence-electron chi connectivity index (χ3n) is 2.70. The summed E-state index contributed by atoms with van der Waals surface area (Å²) in [5.74, 6) is 0. The van der Waals surface area contributed by atoms with Gasteiger partial charge in [-0.15, -0.1) is 0 Å². The van der Waals surface area contributed by atoms with Crippen LogP contribution in [0.2, 0.25) is 0 Å². The molecule has 1 saturated carbocycles. The number of benzene rings is 1. The van der Waals surface area contributed by atoms with Crippen LogP contribution in [0.3, 0.4) is 0 Å². The van der Waals surface area contributed by atoms with Gasteiger partial charge >= 0.3 is 0 Å². The Morgan fingerprint density at radius 3 is 2.71 bits per heavy atom. The van der Waals surface area contributed by atoms with Gasteiger partial charge in [-0.05, 0) is 31.2 Å². The molecule has 74 valence electrons. The normalized spacial score (nSPS) is 25.2. The van der Waals surface area contributed by atoms with E-state index in [1.165, 1.54) is 11.1 Å². The molecule has 0 amide bonds. The molecule has 1 heteroatoms. The lowest BCUT2D eigenvalue weighted by Crippen LogP contribution is -2.12. The van der Waals surface area contributed by atoms with Crippen LogP contribution in [0.15, 0.2) is 35.9 Å². The number of hydrogen-bond donors (Lipinski definition) is 1. The zero-order valence-corrected chi connectivity index (χ0v) is 8.32. The van der Waals surface area contributed by atoms with Crippen LogP contribution in [0.25, 0.3) is 6.08 Å². The first-order chi connectivity index (χ1) is 6.84. The van der Waals surface area contributed by atoms with Crippen LogP contribution in [0, 0.1) is 0 Å². The molecule has 0 aromatic heterocycles. The summed E-state index contributed by atoms with van der Waals surface area (Å²) in [6.45, 7) is 0. The second-order valence-corrected chi connectivity index (χ2v) is 3.96. The largest absolute Gasteiger partial charge is 0.393 e. The van der Waals surface area contributed by atoms with Crippen molar-refractivity contribution in [3.05, 3.63) is 41.5 Å². The van der Waals surface area contributed by atoms with Gasteiger partial charge in [0.05, 0.1) is 6.10 Å². The van der Waals surface area contributed by atoms with E-state index in [-0.39, 0.29) is 6.10 Å². The van der Waals surface area contributed by atoms with Crippen LogP contribution in [0.5, 0.6) is 0 Å². The molecule has 2 rings (SSSR count). The van der Waals surface area contributed by atoms with Crippen molar-refractivity contribution in [2.45, 2.75) is 31.8 Å². The molecule has 1 aliphatic carbocycles. The molecule has 1 N–H and O–H groups in total. The molecule has 1 atom stereocenters. The Balaban J connectivity index is 2.10. The van der Waals surface area contributed by atoms with E-state index in [9.17, 15) is 5.11 Å². The highest BCUT2D eigenvalue weighted by Gasteiger charge is 2.13. The fraction of sp³-hybridized carbons (Fsp3) is 0.385. The zero-order chi connectivity index (χ0) is 9.80. The Morgan fingerprint density at radius 2 is 2.00 bits per heavy atom. The Labute approximate surface area is 85.1 Å². The summed E-state index contributed by atoms with van der Waals surface area (Å²) in [5.41, 5.74) is 2.63. The molecule has 0 unspecified atom stereocenters. The zero-order valence-electron chi connectivity index (χ0n) is 8.32. The van der Waals surface area contributed by atoms with Crippen molar-refractivity contribution in [1.29, 1.82) is 0 Å². The first-order valence-corrected chi connectivity index (χ1v) is 5.27. The molecule has 0 spiro atoms. The van der Waals surface area contributed by atoms with Gasteiger partial charge in [0, 0.05) is 0 Å². The Morgan fingerprint density at radius 1 is 1.21 bits per heavy atom. The van der Waals surface area contributed by atoms with E-state index in [1.54, 1.807) is 0 Å². The summed E-state index contributed by atoms with van der Waals surface area (Å²) in [6.07, 6.45) is 6.19. The Bertz CT molecular complexity index is 313. The van der Waals surface area contributed by atoms with Crippen molar-refractivity contribution in [3.63, 3.8) is 0 Å². The molecule has 1 aromatic rings. The summed E-state index contributed by atoms with van der Waals surface area (Å²) in [4.78, 5) is 0. The molecule has 1 aromatic carbocycles. The van der Waals surface area contributed by atoms with Gasteiger partial charge in [-0.2, -0.15) is 0 Å². The fourth-order valence-corrected chi connectivity index (χ4v) is 1.99. The Hall–Kier alpha value is -1.08. The number of aliphatic hydroxyl groups excluding tert-OH is 1. The van der Waals surface area contributed by atoms with Crippen LogP contribution >= 0.6 is 0 Å². The maximum absolute atomic E-state index is 9.52. The molecule has 0 aliphatic heterocycles. The predicted octanol–water partition coefficient (Wildman–Crippen LogP) is 3.00. The van der Waals surface area contributed by atoms with Crippen molar-refractivity contribution in [2.75, 3.05) is 0 Å². The number of hydrogen-bond acceptors (Lipinski definition) is 1. The third kappa shape index (κ3) is 2.46. The highest BCUT2D eigenvalue weighted by molar-refractivity contribution is 5.52. The summed E-state index contributed by atoms with van der Waals surface area (Å²) < 4.78 is 0. The van der Waals surface area contributed by atoms with Gasteiger partial charge in [-0.3, -0.25) is 0 Å². The first kappa shape index (κ1) is 9.47. The molecular formula is C13H16O. The lowest BCUT2D eigenvalue weighted by molar-refractivity contribution is 0.150. The van der Waals surface area contributed by atoms with Crippen molar-refractivity contribution in [1.82, 2.24) is 0 Å². The van der Waals surface area contributed by atoms with Crippen LogP contribution in [0.4, 0.5) is 0 Å². The minimum atomic E-state index is -0.112. The van der Waals surface area contributed by atoms with E-state index in [0.717, 1.165) is 25.7 Å². The molecular weight excluding hydrogens is 172 g/mol. The standard InChI is InChI=1S/C13H16O/c14-13-8-4-7-12(10-13)9-11-5-2-1-3-6-11/h1-3,5-6,9,13-14H,4,7-8,10H2/b12-9-/t13-/m0/s1. The summed E-state index contributed by atoms with van der Waals surface area (Å²) in [5, 5.41) is 9.52. The molecule has 0 heterocycles. The third-order valence-corrected chi connectivity index (χ3v) is 2.70. The SMILES string of the molecule is O[C@H]1CCC/C(=C/c2ccccc2)C1. The molecule has 0 bridgehead atoms. The lowest BCUT2D eigenvalue weighted by Gasteiger charge is -2.19. The maximum atomic E-state index is 9.52. The van der Waals surface area contributed by atoms with Crippen LogP contribution in [-0.4, -0.2) is 11.2 Å². The fourth-order valence-electron chi connectivity index (χ4n) is 1.99. The minimum Gasteiger partial charge on any atom is -0.393 e. The van der Waals surface area contributed by atoms with Gasteiger partial charge in [0.15, 0.2) is 0 Å². The van der Waals surface area contributed by atoms with E-state index >= 15 is 0 Å². The highest BCUT2D eigenvalue weighted by atomic mass is 16.3. The smallest absolute Gasteiger partial charge is 0.0577 e. The average molecular weight is 188 g/mol. The monoisotopic (exact) mass is 188 g/mol. The predicted molar refractivity (Wildman–Crippen MR) is 58.9 cm³/mol. The lowest BCUT2D eigenvalue weighted by atomic mass is 9.91. The molecule has 0 radical (unpaired) electrons. The van der Waals surface area contributed by atoms with E-state index in [1.807, 2.05) is 18.2 Å². The number of aliphatic hydroxyl groups is 1. The molecule has 14 heavy (non-hydrogen) atoms. The molecule has 1 aliphatic rings. The van der Waals surface area contributed by atoms with E-state index in [4.69, 9.17) is 0 Å². The van der Waals surface area contributed by atoms with Gasteiger partial charge in [-0.1, -0.05) is 42.0 Å². The Kier molecular flexibility index (Phi) is 3.00. The minimum absolute atomic E-state index is 0.112. The molecule has 0 saturated heterocycles. The van der Waals surface area contributed by atoms with E-state index in [0.29, 0.717) is 0 Å². The van der Waals surface area contributed by atoms with Crippen LogP contribution in [-0.2, 0) is 0 Å². The van der Waals surface area contributed by atoms with Gasteiger partial charge in [-0.25, -0.2) is 0 Å². The first-order valence-electron chi connectivity index (χ1n) is 5.27. The van der Waals surface area contributed by atoms with Crippen molar-refractivity contribution < 1.29 is 5.11 Å². The van der Waals surface area contributed by atoms with Crippen LogP contribution < -0.4 is 0 Å². The maximum Gasteiger partial charge on any atom is 0.0577 e. The van der Waals surface area contributed by atoms with Crippen molar-refractivity contribution in [2.24, 2.45) is 0 Å². The summed E-state index contributed by atoms with van der Waals surface area (Å²) in [6, 6.07) is 10.3. The second kappa shape index (κ2) is 4.43. The number of rotatable bonds is 1. The van der Waals surface area contributed by atoms with E-state index in [2.05, 4.69) is 18.2 Å². The van der Waals surface area contributed by atoms with Crippen LogP contribution in [0.1, 0.15) is 31.2 Å². The summed E-state index contributed by atoms with van der Waals surface area (Å²) >= 11 is 0. The van der Waals surface area contributed by atoms with Gasteiger partial charge in [0.2, 0.25) is 0 Å². The van der Waals surface area contributed by atoms with Gasteiger partial charge < -0.3 is 5.11 Å². The van der Waals surface area contributed by atoms with Crippen molar-refractivity contribution in [3.8, 4) is 0 Å². The molecule has 1 fully saturated rings. The van der Waals surface area contributed by atoms with Gasteiger partial charge in [0.1, 0.15) is 0 Å². The topological polar surface area (TPSA) is 20.2 Å². The molecule has 1 nitrogen and oxygen atoms in total. The van der Waals surface area contributed by atoms with E-state index < -0.39 is 0 Å². The quantitative estimate of drug-likeness (QED) is 0.718. The second-order valence-electron chi connectivity index (χ2n) is 3.96. The van der Waals surface area contributed by atoms with Gasteiger partial charge in [0.25, 0.3) is 0 Å². The summed E-state index contributed by atoms with van der Waals surface area (Å²) in [7, 11) is 0. The average Bonchev–Trinajstić information content (AvgIpc) is 2.19. The highest BCUT2D eigenvalue weighted by Crippen LogP contribution is 2.25.